The van der Waals surface area contributed by atoms with Crippen LogP contribution in [0.2, 0.25) is 5.02 Å². The fourth-order valence-electron chi connectivity index (χ4n) is 3.09. The molecule has 0 unspecified atom stereocenters. The van der Waals surface area contributed by atoms with Crippen LogP contribution < -0.4 is 4.74 Å². The van der Waals surface area contributed by atoms with Crippen molar-refractivity contribution in [3.05, 3.63) is 63.9 Å². The molecule has 1 N–H and O–H groups in total. The van der Waals surface area contributed by atoms with Crippen molar-refractivity contribution in [2.24, 2.45) is 0 Å². The Kier molecular flexibility index (Phi) is 5.52. The Hall–Kier alpha value is -2.46. The summed E-state index contributed by atoms with van der Waals surface area (Å²) in [5.74, 6) is 0.794. The van der Waals surface area contributed by atoms with Gasteiger partial charge in [0.05, 0.1) is 0 Å². The third-order valence-electron chi connectivity index (χ3n) is 4.34. The predicted molar refractivity (Wildman–Crippen MR) is 102 cm³/mol. The summed E-state index contributed by atoms with van der Waals surface area (Å²) in [6.07, 6.45) is 1.48. The molecule has 1 heterocycles. The maximum atomic E-state index is 10.8. The van der Waals surface area contributed by atoms with Crippen LogP contribution in [-0.2, 0) is 24.2 Å². The molecular formula is C21H21ClO4. The van der Waals surface area contributed by atoms with Crippen LogP contribution in [-0.4, -0.2) is 11.1 Å². The number of carbonyl (C=O) groups is 1. The molecule has 3 rings (SSSR count). The van der Waals surface area contributed by atoms with Crippen LogP contribution in [0.1, 0.15) is 35.8 Å². The molecule has 0 aliphatic heterocycles. The van der Waals surface area contributed by atoms with Crippen LogP contribution in [0.15, 0.2) is 40.8 Å². The number of aliphatic carboxylic acids is 1. The van der Waals surface area contributed by atoms with Crippen molar-refractivity contribution in [1.82, 2.24) is 0 Å². The molecule has 5 heteroatoms. The molecule has 0 atom stereocenters. The lowest BCUT2D eigenvalue weighted by atomic mass is 10.0. The highest BCUT2D eigenvalue weighted by atomic mass is 35.5. The summed E-state index contributed by atoms with van der Waals surface area (Å²) in [6.45, 7) is 4.30. The van der Waals surface area contributed by atoms with Crippen molar-refractivity contribution in [2.75, 3.05) is 0 Å². The van der Waals surface area contributed by atoms with E-state index in [0.717, 1.165) is 45.6 Å². The van der Waals surface area contributed by atoms with Gasteiger partial charge in [-0.1, -0.05) is 24.6 Å². The maximum absolute atomic E-state index is 10.8. The smallest absolute Gasteiger partial charge is 0.303 e. The predicted octanol–water partition coefficient (Wildman–Crippen LogP) is 5.55. The van der Waals surface area contributed by atoms with E-state index in [2.05, 4.69) is 6.92 Å². The van der Waals surface area contributed by atoms with E-state index in [0.29, 0.717) is 18.1 Å². The third kappa shape index (κ3) is 4.20. The molecule has 0 bridgehead atoms. The monoisotopic (exact) mass is 372 g/mol. The van der Waals surface area contributed by atoms with E-state index in [9.17, 15) is 4.79 Å². The molecule has 0 fully saturated rings. The number of ether oxygens (including phenoxy) is 1. The first-order valence-corrected chi connectivity index (χ1v) is 8.99. The van der Waals surface area contributed by atoms with Crippen molar-refractivity contribution in [3.63, 3.8) is 0 Å². The standard InChI is InChI=1S/C21H21ClO4/c1-3-14-11-19(6-4-15(14)5-7-20(23)24)25-12-17-10-18(22)9-16-8-13(2)26-21(16)17/h4,6,8-11H,3,5,7,12H2,1-2H3,(H,23,24). The molecule has 26 heavy (non-hydrogen) atoms. The number of carboxylic acids is 1. The molecule has 0 saturated carbocycles. The van der Waals surface area contributed by atoms with Gasteiger partial charge in [-0.25, -0.2) is 0 Å². The molecule has 0 saturated heterocycles. The zero-order valence-corrected chi connectivity index (χ0v) is 15.6. The first-order chi connectivity index (χ1) is 12.5. The summed E-state index contributed by atoms with van der Waals surface area (Å²) in [7, 11) is 0. The van der Waals surface area contributed by atoms with E-state index in [1.807, 2.05) is 43.3 Å². The highest BCUT2D eigenvalue weighted by molar-refractivity contribution is 6.31. The zero-order valence-electron chi connectivity index (χ0n) is 14.8. The molecule has 0 amide bonds. The summed E-state index contributed by atoms with van der Waals surface area (Å²) < 4.78 is 11.7. The molecule has 2 aromatic carbocycles. The Balaban J connectivity index is 1.78. The lowest BCUT2D eigenvalue weighted by molar-refractivity contribution is -0.136. The molecule has 0 spiro atoms. The quantitative estimate of drug-likeness (QED) is 0.590. The topological polar surface area (TPSA) is 59.7 Å². The molecule has 3 aromatic rings. The van der Waals surface area contributed by atoms with Gasteiger partial charge in [-0.3, -0.25) is 4.79 Å². The van der Waals surface area contributed by atoms with Gasteiger partial charge in [0.15, 0.2) is 0 Å². The molecule has 0 aliphatic rings. The van der Waals surface area contributed by atoms with Crippen molar-refractivity contribution in [2.45, 2.75) is 39.7 Å². The minimum absolute atomic E-state index is 0.131. The van der Waals surface area contributed by atoms with Crippen molar-refractivity contribution in [3.8, 4) is 5.75 Å². The summed E-state index contributed by atoms with van der Waals surface area (Å²) in [6, 6.07) is 11.5. The lowest BCUT2D eigenvalue weighted by Crippen LogP contribution is -2.02. The van der Waals surface area contributed by atoms with Crippen LogP contribution in [0.5, 0.6) is 5.75 Å². The van der Waals surface area contributed by atoms with Crippen LogP contribution in [0.25, 0.3) is 11.0 Å². The molecule has 0 radical (unpaired) electrons. The molecule has 136 valence electrons. The zero-order chi connectivity index (χ0) is 18.7. The summed E-state index contributed by atoms with van der Waals surface area (Å²) in [5, 5.41) is 10.5. The van der Waals surface area contributed by atoms with Gasteiger partial charge in [0.1, 0.15) is 23.7 Å². The number of hydrogen-bond acceptors (Lipinski definition) is 3. The van der Waals surface area contributed by atoms with Gasteiger partial charge in [0, 0.05) is 22.4 Å². The second-order valence-corrected chi connectivity index (χ2v) is 6.74. The fourth-order valence-corrected chi connectivity index (χ4v) is 3.34. The second-order valence-electron chi connectivity index (χ2n) is 6.31. The minimum Gasteiger partial charge on any atom is -0.489 e. The number of halogens is 1. The van der Waals surface area contributed by atoms with Crippen molar-refractivity contribution in [1.29, 1.82) is 0 Å². The third-order valence-corrected chi connectivity index (χ3v) is 4.56. The number of fused-ring (bicyclic) bond motifs is 1. The summed E-state index contributed by atoms with van der Waals surface area (Å²) in [5.41, 5.74) is 3.84. The molecular weight excluding hydrogens is 352 g/mol. The summed E-state index contributed by atoms with van der Waals surface area (Å²) >= 11 is 6.20. The van der Waals surface area contributed by atoms with E-state index >= 15 is 0 Å². The normalized spacial score (nSPS) is 11.0. The number of benzene rings is 2. The highest BCUT2D eigenvalue weighted by Gasteiger charge is 2.11. The Morgan fingerprint density at radius 3 is 2.69 bits per heavy atom. The van der Waals surface area contributed by atoms with Crippen molar-refractivity contribution >= 4 is 28.5 Å². The van der Waals surface area contributed by atoms with Gasteiger partial charge < -0.3 is 14.3 Å². The van der Waals surface area contributed by atoms with E-state index < -0.39 is 5.97 Å². The Morgan fingerprint density at radius 2 is 1.96 bits per heavy atom. The number of furan rings is 1. The Bertz CT molecular complexity index is 943. The van der Waals surface area contributed by atoms with Crippen LogP contribution in [0, 0.1) is 6.92 Å². The lowest BCUT2D eigenvalue weighted by Gasteiger charge is -2.12. The molecule has 4 nitrogen and oxygen atoms in total. The minimum atomic E-state index is -0.786. The number of aryl methyl sites for hydroxylation is 3. The second kappa shape index (κ2) is 7.83. The van der Waals surface area contributed by atoms with E-state index in [1.54, 1.807) is 0 Å². The number of hydrogen-bond donors (Lipinski definition) is 1. The number of rotatable bonds is 7. The Morgan fingerprint density at radius 1 is 1.15 bits per heavy atom. The largest absolute Gasteiger partial charge is 0.489 e. The molecule has 0 aliphatic carbocycles. The van der Waals surface area contributed by atoms with Crippen molar-refractivity contribution < 1.29 is 19.1 Å². The van der Waals surface area contributed by atoms with Gasteiger partial charge in [-0.2, -0.15) is 0 Å². The first-order valence-electron chi connectivity index (χ1n) is 8.61. The van der Waals surface area contributed by atoms with E-state index in [4.69, 9.17) is 25.9 Å². The van der Waals surface area contributed by atoms with Gasteiger partial charge in [-0.05, 0) is 61.2 Å². The average molecular weight is 373 g/mol. The first kappa shape index (κ1) is 18.3. The van der Waals surface area contributed by atoms with Gasteiger partial charge in [0.2, 0.25) is 0 Å². The van der Waals surface area contributed by atoms with Gasteiger partial charge >= 0.3 is 5.97 Å². The van der Waals surface area contributed by atoms with Crippen LogP contribution >= 0.6 is 11.6 Å². The van der Waals surface area contributed by atoms with Crippen LogP contribution in [0.4, 0.5) is 0 Å². The SMILES string of the molecule is CCc1cc(OCc2cc(Cl)cc3cc(C)oc23)ccc1CCC(=O)O. The molecule has 1 aromatic heterocycles. The number of carboxylic acid groups (broad SMARTS) is 1. The van der Waals surface area contributed by atoms with E-state index in [-0.39, 0.29) is 6.42 Å². The summed E-state index contributed by atoms with van der Waals surface area (Å²) in [4.78, 5) is 10.8. The average Bonchev–Trinajstić information content (AvgIpc) is 2.98. The van der Waals surface area contributed by atoms with Crippen LogP contribution in [0.3, 0.4) is 0 Å². The van der Waals surface area contributed by atoms with Gasteiger partial charge in [-0.15, -0.1) is 0 Å². The van der Waals surface area contributed by atoms with E-state index in [1.165, 1.54) is 0 Å². The fraction of sp³-hybridized carbons (Fsp3) is 0.286. The Labute approximate surface area is 157 Å². The maximum Gasteiger partial charge on any atom is 0.303 e. The highest BCUT2D eigenvalue weighted by Crippen LogP contribution is 2.28. The van der Waals surface area contributed by atoms with Gasteiger partial charge in [0.25, 0.3) is 0 Å².